The van der Waals surface area contributed by atoms with Gasteiger partial charge in [0.25, 0.3) is 0 Å². The molecule has 1 aliphatic rings. The number of esters is 1. The van der Waals surface area contributed by atoms with Crippen LogP contribution in [0.2, 0.25) is 0 Å². The zero-order valence-corrected chi connectivity index (χ0v) is 15.1. The van der Waals surface area contributed by atoms with Crippen molar-refractivity contribution in [3.63, 3.8) is 0 Å². The van der Waals surface area contributed by atoms with Crippen molar-refractivity contribution < 1.29 is 33.6 Å². The molecule has 0 fully saturated rings. The van der Waals surface area contributed by atoms with Gasteiger partial charge >= 0.3 is 11.9 Å². The molecule has 0 spiro atoms. The van der Waals surface area contributed by atoms with Crippen LogP contribution in [0.15, 0.2) is 36.4 Å². The van der Waals surface area contributed by atoms with Crippen molar-refractivity contribution in [3.8, 4) is 23.0 Å². The van der Waals surface area contributed by atoms with E-state index in [1.807, 2.05) is 25.1 Å². The third-order valence-electron chi connectivity index (χ3n) is 4.21. The molecule has 7 nitrogen and oxygen atoms in total. The van der Waals surface area contributed by atoms with Crippen LogP contribution in [0.1, 0.15) is 30.4 Å². The monoisotopic (exact) mass is 372 g/mol. The van der Waals surface area contributed by atoms with Crippen molar-refractivity contribution in [3.05, 3.63) is 47.5 Å². The van der Waals surface area contributed by atoms with Crippen molar-refractivity contribution in [2.45, 2.75) is 19.3 Å². The lowest BCUT2D eigenvalue weighted by Crippen LogP contribution is -2.21. The normalized spacial score (nSPS) is 15.5. The number of hydrogen-bond donors (Lipinski definition) is 1. The molecule has 1 unspecified atom stereocenters. The van der Waals surface area contributed by atoms with Gasteiger partial charge in [0.2, 0.25) is 0 Å². The first-order valence-corrected chi connectivity index (χ1v) is 8.51. The number of carbonyl (C=O) groups excluding carboxylic acids is 1. The SMILES string of the molecule is CCOc1ccc(C2CC(=O)Oc3cc(OCC(=O)O)ccc32)cc1OC. The molecule has 7 heteroatoms. The fourth-order valence-electron chi connectivity index (χ4n) is 3.04. The number of carbonyl (C=O) groups is 2. The summed E-state index contributed by atoms with van der Waals surface area (Å²) in [5.41, 5.74) is 1.72. The van der Waals surface area contributed by atoms with E-state index in [9.17, 15) is 9.59 Å². The van der Waals surface area contributed by atoms with E-state index in [-0.39, 0.29) is 18.3 Å². The number of fused-ring (bicyclic) bond motifs is 1. The third kappa shape index (κ3) is 4.13. The van der Waals surface area contributed by atoms with E-state index in [4.69, 9.17) is 24.1 Å². The van der Waals surface area contributed by atoms with Gasteiger partial charge in [-0.15, -0.1) is 0 Å². The van der Waals surface area contributed by atoms with Crippen LogP contribution < -0.4 is 18.9 Å². The predicted octanol–water partition coefficient (Wildman–Crippen LogP) is 3.00. The van der Waals surface area contributed by atoms with Crippen molar-refractivity contribution >= 4 is 11.9 Å². The van der Waals surface area contributed by atoms with Crippen molar-refractivity contribution in [2.24, 2.45) is 0 Å². The smallest absolute Gasteiger partial charge is 0.341 e. The van der Waals surface area contributed by atoms with Gasteiger partial charge in [0.05, 0.1) is 20.1 Å². The molecule has 1 heterocycles. The van der Waals surface area contributed by atoms with Crippen LogP contribution in [-0.4, -0.2) is 37.4 Å². The van der Waals surface area contributed by atoms with Crippen LogP contribution in [-0.2, 0) is 9.59 Å². The highest BCUT2D eigenvalue weighted by atomic mass is 16.5. The van der Waals surface area contributed by atoms with E-state index in [0.29, 0.717) is 29.6 Å². The maximum Gasteiger partial charge on any atom is 0.341 e. The molecule has 0 aliphatic carbocycles. The molecule has 3 rings (SSSR count). The van der Waals surface area contributed by atoms with Gasteiger partial charge in [-0.25, -0.2) is 4.79 Å². The summed E-state index contributed by atoms with van der Waals surface area (Å²) >= 11 is 0. The first-order valence-electron chi connectivity index (χ1n) is 8.51. The molecule has 0 amide bonds. The second kappa shape index (κ2) is 7.99. The Bertz CT molecular complexity index is 859. The fourth-order valence-corrected chi connectivity index (χ4v) is 3.04. The zero-order chi connectivity index (χ0) is 19.4. The van der Waals surface area contributed by atoms with E-state index in [1.54, 1.807) is 19.2 Å². The molecular formula is C20H20O7. The standard InChI is InChI=1S/C20H20O7/c1-3-25-16-7-4-12(8-18(16)24-2)15-10-20(23)27-17-9-13(5-6-14(15)17)26-11-19(21)22/h4-9,15H,3,10-11H2,1-2H3,(H,21,22). The van der Waals surface area contributed by atoms with Crippen LogP contribution in [0.25, 0.3) is 0 Å². The molecule has 2 aromatic carbocycles. The Labute approximate surface area is 156 Å². The molecule has 2 aromatic rings. The van der Waals surface area contributed by atoms with Gasteiger partial charge in [-0.05, 0) is 30.7 Å². The Kier molecular flexibility index (Phi) is 5.49. The van der Waals surface area contributed by atoms with E-state index >= 15 is 0 Å². The lowest BCUT2D eigenvalue weighted by Gasteiger charge is -2.26. The molecule has 1 aliphatic heterocycles. The first kappa shape index (κ1) is 18.6. The molecular weight excluding hydrogens is 352 g/mol. The average Bonchev–Trinajstić information content (AvgIpc) is 2.66. The Morgan fingerprint density at radius 3 is 2.70 bits per heavy atom. The van der Waals surface area contributed by atoms with Crippen LogP contribution in [0.5, 0.6) is 23.0 Å². The lowest BCUT2D eigenvalue weighted by molar-refractivity contribution is -0.139. The van der Waals surface area contributed by atoms with Gasteiger partial charge in [-0.3, -0.25) is 4.79 Å². The summed E-state index contributed by atoms with van der Waals surface area (Å²) in [5.74, 6) is 0.274. The van der Waals surface area contributed by atoms with Crippen molar-refractivity contribution in [2.75, 3.05) is 20.3 Å². The number of ether oxygens (including phenoxy) is 4. The molecule has 27 heavy (non-hydrogen) atoms. The molecule has 1 N–H and O–H groups in total. The summed E-state index contributed by atoms with van der Waals surface area (Å²) < 4.78 is 21.4. The maximum absolute atomic E-state index is 12.1. The second-order valence-electron chi connectivity index (χ2n) is 5.96. The summed E-state index contributed by atoms with van der Waals surface area (Å²) in [7, 11) is 1.57. The number of aliphatic carboxylic acids is 1. The minimum atomic E-state index is -1.08. The molecule has 142 valence electrons. The fraction of sp³-hybridized carbons (Fsp3) is 0.300. The van der Waals surface area contributed by atoms with Gasteiger partial charge in [0, 0.05) is 17.5 Å². The summed E-state index contributed by atoms with van der Waals surface area (Å²) in [4.78, 5) is 22.8. The number of hydrogen-bond acceptors (Lipinski definition) is 6. The quantitative estimate of drug-likeness (QED) is 0.590. The van der Waals surface area contributed by atoms with E-state index in [0.717, 1.165) is 11.1 Å². The molecule has 0 aromatic heterocycles. The van der Waals surface area contributed by atoms with Crippen LogP contribution in [0.4, 0.5) is 0 Å². The number of rotatable bonds is 7. The van der Waals surface area contributed by atoms with E-state index in [2.05, 4.69) is 0 Å². The highest BCUT2D eigenvalue weighted by molar-refractivity contribution is 5.78. The lowest BCUT2D eigenvalue weighted by atomic mass is 9.86. The molecule has 1 atom stereocenters. The second-order valence-corrected chi connectivity index (χ2v) is 5.96. The minimum absolute atomic E-state index is 0.194. The van der Waals surface area contributed by atoms with Gasteiger partial charge < -0.3 is 24.1 Å². The summed E-state index contributed by atoms with van der Waals surface area (Å²) in [5, 5.41) is 8.72. The van der Waals surface area contributed by atoms with Gasteiger partial charge in [-0.1, -0.05) is 12.1 Å². The van der Waals surface area contributed by atoms with Crippen LogP contribution in [0, 0.1) is 0 Å². The molecule has 0 saturated heterocycles. The van der Waals surface area contributed by atoms with Crippen molar-refractivity contribution in [1.29, 1.82) is 0 Å². The van der Waals surface area contributed by atoms with Crippen LogP contribution >= 0.6 is 0 Å². The number of methoxy groups -OCH3 is 1. The van der Waals surface area contributed by atoms with Gasteiger partial charge in [0.15, 0.2) is 18.1 Å². The van der Waals surface area contributed by atoms with E-state index < -0.39 is 12.6 Å². The number of carboxylic acid groups (broad SMARTS) is 1. The Balaban J connectivity index is 1.94. The summed E-state index contributed by atoms with van der Waals surface area (Å²) in [6.45, 7) is 1.95. The average molecular weight is 372 g/mol. The topological polar surface area (TPSA) is 91.3 Å². The third-order valence-corrected chi connectivity index (χ3v) is 4.21. The molecule has 0 bridgehead atoms. The van der Waals surface area contributed by atoms with Gasteiger partial charge in [-0.2, -0.15) is 0 Å². The zero-order valence-electron chi connectivity index (χ0n) is 15.1. The number of benzene rings is 2. The molecule has 0 radical (unpaired) electrons. The molecule has 0 saturated carbocycles. The van der Waals surface area contributed by atoms with Gasteiger partial charge in [0.1, 0.15) is 11.5 Å². The Hall–Kier alpha value is -3.22. The highest BCUT2D eigenvalue weighted by Gasteiger charge is 2.29. The van der Waals surface area contributed by atoms with Crippen LogP contribution in [0.3, 0.4) is 0 Å². The first-order chi connectivity index (χ1) is 13.0. The highest BCUT2D eigenvalue weighted by Crippen LogP contribution is 2.42. The van der Waals surface area contributed by atoms with Crippen molar-refractivity contribution in [1.82, 2.24) is 0 Å². The Morgan fingerprint density at radius 1 is 1.19 bits per heavy atom. The largest absolute Gasteiger partial charge is 0.493 e. The predicted molar refractivity (Wildman–Crippen MR) is 95.8 cm³/mol. The maximum atomic E-state index is 12.1. The summed E-state index contributed by atoms with van der Waals surface area (Å²) in [6, 6.07) is 10.6. The summed E-state index contributed by atoms with van der Waals surface area (Å²) in [6.07, 6.45) is 0.194. The van der Waals surface area contributed by atoms with E-state index in [1.165, 1.54) is 6.07 Å². The Morgan fingerprint density at radius 2 is 2.00 bits per heavy atom. The number of carboxylic acids is 1. The minimum Gasteiger partial charge on any atom is -0.493 e.